The van der Waals surface area contributed by atoms with E-state index < -0.39 is 0 Å². The number of phenols is 1. The van der Waals surface area contributed by atoms with Crippen LogP contribution in [-0.4, -0.2) is 21.2 Å². The number of aromatic nitrogens is 2. The molecule has 0 fully saturated rings. The van der Waals surface area contributed by atoms with Crippen LogP contribution in [0.3, 0.4) is 0 Å². The predicted octanol–water partition coefficient (Wildman–Crippen LogP) is 2.42. The van der Waals surface area contributed by atoms with Gasteiger partial charge in [0.2, 0.25) is 0 Å². The number of aryl methyl sites for hydroxylation is 1. The van der Waals surface area contributed by atoms with Crippen molar-refractivity contribution < 1.29 is 5.11 Å². The van der Waals surface area contributed by atoms with Crippen molar-refractivity contribution in [2.24, 2.45) is 0 Å². The van der Waals surface area contributed by atoms with E-state index in [1.165, 1.54) is 0 Å². The first-order valence-corrected chi connectivity index (χ1v) is 6.27. The van der Waals surface area contributed by atoms with Gasteiger partial charge in [0.25, 0.3) is 0 Å². The monoisotopic (exact) mass is 265 g/mol. The molecule has 1 aromatic carbocycles. The maximum atomic E-state index is 9.63. The lowest BCUT2D eigenvalue weighted by atomic mass is 10.2. The van der Waals surface area contributed by atoms with E-state index in [2.05, 4.69) is 10.3 Å². The van der Waals surface area contributed by atoms with Crippen LogP contribution >= 0.6 is 11.6 Å². The number of halogens is 1. The van der Waals surface area contributed by atoms with Gasteiger partial charge in [-0.05, 0) is 31.2 Å². The predicted molar refractivity (Wildman–Crippen MR) is 71.7 cm³/mol. The molecule has 0 aliphatic carbocycles. The second-order valence-electron chi connectivity index (χ2n) is 4.10. The number of aromatic hydroxyl groups is 1. The quantitative estimate of drug-likeness (QED) is 0.789. The molecule has 96 valence electrons. The minimum Gasteiger partial charge on any atom is -0.508 e. The Morgan fingerprint density at radius 1 is 1.39 bits per heavy atom. The summed E-state index contributed by atoms with van der Waals surface area (Å²) < 4.78 is 2.04. The van der Waals surface area contributed by atoms with Crippen molar-refractivity contribution in [1.82, 2.24) is 14.9 Å². The van der Waals surface area contributed by atoms with E-state index in [9.17, 15) is 5.11 Å². The number of nitrogens with zero attached hydrogens (tertiary/aromatic N) is 2. The Balaban J connectivity index is 1.70. The van der Waals surface area contributed by atoms with Crippen LogP contribution in [-0.2, 0) is 13.1 Å². The molecule has 0 saturated carbocycles. The number of hydrogen-bond donors (Lipinski definition) is 2. The molecule has 0 amide bonds. The highest BCUT2D eigenvalue weighted by Gasteiger charge is 2.01. The van der Waals surface area contributed by atoms with E-state index in [-0.39, 0.29) is 5.75 Å². The van der Waals surface area contributed by atoms with E-state index in [0.29, 0.717) is 11.6 Å². The summed E-state index contributed by atoms with van der Waals surface area (Å²) in [4.78, 5) is 3.98. The second-order valence-corrected chi connectivity index (χ2v) is 4.54. The highest BCUT2D eigenvalue weighted by molar-refractivity contribution is 6.30. The summed E-state index contributed by atoms with van der Waals surface area (Å²) in [6, 6.07) is 5.07. The molecule has 0 unspecified atom stereocenters. The molecule has 2 aromatic rings. The third-order valence-electron chi connectivity index (χ3n) is 2.69. The molecule has 2 rings (SSSR count). The van der Waals surface area contributed by atoms with Crippen molar-refractivity contribution in [2.45, 2.75) is 19.5 Å². The standard InChI is InChI=1S/C13H16ClN3O/c14-12-2-3-13(18)11(8-12)9-15-4-1-6-17-7-5-16-10-17/h2-3,5,7-8,10,15,18H,1,4,6,9H2. The molecule has 0 aliphatic rings. The Labute approximate surface area is 111 Å². The molecule has 0 aliphatic heterocycles. The molecule has 0 bridgehead atoms. The first-order chi connectivity index (χ1) is 8.75. The van der Waals surface area contributed by atoms with Gasteiger partial charge in [0.05, 0.1) is 6.33 Å². The molecular formula is C13H16ClN3O. The number of rotatable bonds is 6. The lowest BCUT2D eigenvalue weighted by Crippen LogP contribution is -2.16. The zero-order valence-corrected chi connectivity index (χ0v) is 10.8. The molecule has 0 radical (unpaired) electrons. The molecule has 0 spiro atoms. The van der Waals surface area contributed by atoms with Crippen LogP contribution in [0.25, 0.3) is 0 Å². The van der Waals surface area contributed by atoms with Crippen LogP contribution in [0, 0.1) is 0 Å². The van der Waals surface area contributed by atoms with Crippen LogP contribution in [0.2, 0.25) is 5.02 Å². The molecule has 1 aromatic heterocycles. The molecule has 4 nitrogen and oxygen atoms in total. The average Bonchev–Trinajstić information content (AvgIpc) is 2.86. The molecule has 2 N–H and O–H groups in total. The van der Waals surface area contributed by atoms with Crippen molar-refractivity contribution in [3.8, 4) is 5.75 Å². The third kappa shape index (κ3) is 3.75. The van der Waals surface area contributed by atoms with Gasteiger partial charge in [-0.3, -0.25) is 0 Å². The first-order valence-electron chi connectivity index (χ1n) is 5.89. The van der Waals surface area contributed by atoms with E-state index >= 15 is 0 Å². The fourth-order valence-corrected chi connectivity index (χ4v) is 1.92. The van der Waals surface area contributed by atoms with E-state index in [4.69, 9.17) is 11.6 Å². The van der Waals surface area contributed by atoms with E-state index in [1.807, 2.05) is 17.1 Å². The van der Waals surface area contributed by atoms with Gasteiger partial charge in [0.1, 0.15) is 5.75 Å². The van der Waals surface area contributed by atoms with Gasteiger partial charge in [0.15, 0.2) is 0 Å². The lowest BCUT2D eigenvalue weighted by Gasteiger charge is -2.07. The zero-order chi connectivity index (χ0) is 12.8. The summed E-state index contributed by atoms with van der Waals surface area (Å²) >= 11 is 5.88. The number of phenolic OH excluding ortho intramolecular Hbond substituents is 1. The van der Waals surface area contributed by atoms with E-state index in [1.54, 1.807) is 24.4 Å². The Morgan fingerprint density at radius 3 is 3.06 bits per heavy atom. The summed E-state index contributed by atoms with van der Waals surface area (Å²) in [6.07, 6.45) is 6.54. The van der Waals surface area contributed by atoms with Gasteiger partial charge >= 0.3 is 0 Å². The highest BCUT2D eigenvalue weighted by Crippen LogP contribution is 2.20. The number of benzene rings is 1. The Bertz CT molecular complexity index is 485. The SMILES string of the molecule is Oc1ccc(Cl)cc1CNCCCn1ccnc1. The summed E-state index contributed by atoms with van der Waals surface area (Å²) in [7, 11) is 0. The molecular weight excluding hydrogens is 250 g/mol. The van der Waals surface area contributed by atoms with E-state index in [0.717, 1.165) is 25.1 Å². The van der Waals surface area contributed by atoms with Crippen LogP contribution in [0.15, 0.2) is 36.9 Å². The molecule has 0 atom stereocenters. The fraction of sp³-hybridized carbons (Fsp3) is 0.308. The van der Waals surface area contributed by atoms with Gasteiger partial charge in [0, 0.05) is 36.1 Å². The number of nitrogens with one attached hydrogen (secondary N) is 1. The number of imidazole rings is 1. The van der Waals surface area contributed by atoms with Gasteiger partial charge in [-0.2, -0.15) is 0 Å². The Hall–Kier alpha value is -1.52. The number of hydrogen-bond acceptors (Lipinski definition) is 3. The molecule has 5 heteroatoms. The van der Waals surface area contributed by atoms with Crippen LogP contribution in [0.5, 0.6) is 5.75 Å². The van der Waals surface area contributed by atoms with Gasteiger partial charge in [-0.25, -0.2) is 4.98 Å². The third-order valence-corrected chi connectivity index (χ3v) is 2.92. The maximum absolute atomic E-state index is 9.63. The second kappa shape index (κ2) is 6.42. The van der Waals surface area contributed by atoms with Crippen molar-refractivity contribution in [3.63, 3.8) is 0 Å². The van der Waals surface area contributed by atoms with Crippen molar-refractivity contribution >= 4 is 11.6 Å². The van der Waals surface area contributed by atoms with Gasteiger partial charge in [-0.1, -0.05) is 11.6 Å². The van der Waals surface area contributed by atoms with Gasteiger partial charge < -0.3 is 15.0 Å². The summed E-state index contributed by atoms with van der Waals surface area (Å²) in [5, 5.41) is 13.6. The summed E-state index contributed by atoms with van der Waals surface area (Å²) in [5.74, 6) is 0.279. The minimum absolute atomic E-state index is 0.279. The Morgan fingerprint density at radius 2 is 2.28 bits per heavy atom. The van der Waals surface area contributed by atoms with Crippen molar-refractivity contribution in [1.29, 1.82) is 0 Å². The summed E-state index contributed by atoms with van der Waals surface area (Å²) in [5.41, 5.74) is 0.824. The fourth-order valence-electron chi connectivity index (χ4n) is 1.72. The zero-order valence-electron chi connectivity index (χ0n) is 10.0. The first kappa shape index (κ1) is 12.9. The minimum atomic E-state index is 0.279. The lowest BCUT2D eigenvalue weighted by molar-refractivity contribution is 0.463. The average molecular weight is 266 g/mol. The maximum Gasteiger partial charge on any atom is 0.120 e. The summed E-state index contributed by atoms with van der Waals surface area (Å²) in [6.45, 7) is 2.44. The highest BCUT2D eigenvalue weighted by atomic mass is 35.5. The normalized spacial score (nSPS) is 10.7. The van der Waals surface area contributed by atoms with Crippen molar-refractivity contribution in [3.05, 3.63) is 47.5 Å². The molecule has 1 heterocycles. The molecule has 18 heavy (non-hydrogen) atoms. The Kier molecular flexibility index (Phi) is 4.61. The largest absolute Gasteiger partial charge is 0.508 e. The van der Waals surface area contributed by atoms with Crippen LogP contribution in [0.1, 0.15) is 12.0 Å². The topological polar surface area (TPSA) is 50.1 Å². The smallest absolute Gasteiger partial charge is 0.120 e. The van der Waals surface area contributed by atoms with Crippen molar-refractivity contribution in [2.75, 3.05) is 6.54 Å². The van der Waals surface area contributed by atoms with Gasteiger partial charge in [-0.15, -0.1) is 0 Å². The van der Waals surface area contributed by atoms with Crippen LogP contribution in [0.4, 0.5) is 0 Å². The van der Waals surface area contributed by atoms with Crippen LogP contribution < -0.4 is 5.32 Å². The molecule has 0 saturated heterocycles.